The molecule has 0 spiro atoms. The number of hydrogen-bond donors (Lipinski definition) is 2. The summed E-state index contributed by atoms with van der Waals surface area (Å²) in [6.07, 6.45) is 11.0. The summed E-state index contributed by atoms with van der Waals surface area (Å²) in [5, 5.41) is 18.6. The number of benzene rings is 2. The predicted molar refractivity (Wildman–Crippen MR) is 127 cm³/mol. The van der Waals surface area contributed by atoms with Crippen molar-refractivity contribution in [3.05, 3.63) is 59.2 Å². The maximum atomic E-state index is 9.29. The number of aliphatic hydroxyl groups excluding tert-OH is 2. The van der Waals surface area contributed by atoms with Gasteiger partial charge >= 0.3 is 0 Å². The fourth-order valence-electron chi connectivity index (χ4n) is 5.12. The van der Waals surface area contributed by atoms with Gasteiger partial charge in [-0.1, -0.05) is 69.2 Å². The quantitative estimate of drug-likeness (QED) is 0.469. The lowest BCUT2D eigenvalue weighted by atomic mass is 9.77. The molecular weight excluding hydrogens is 368 g/mol. The van der Waals surface area contributed by atoms with Crippen molar-refractivity contribution in [3.63, 3.8) is 0 Å². The molecule has 0 amide bonds. The topological polar surface area (TPSA) is 40.5 Å². The van der Waals surface area contributed by atoms with Crippen molar-refractivity contribution < 1.29 is 10.2 Å². The Morgan fingerprint density at radius 1 is 0.900 bits per heavy atom. The molecule has 2 N–H and O–H groups in total. The van der Waals surface area contributed by atoms with Crippen molar-refractivity contribution in [3.8, 4) is 11.1 Å². The maximum Gasteiger partial charge on any atom is 0.0481 e. The molecule has 0 heterocycles. The summed E-state index contributed by atoms with van der Waals surface area (Å²) in [4.78, 5) is 0. The van der Waals surface area contributed by atoms with Gasteiger partial charge in [0.25, 0.3) is 0 Å². The van der Waals surface area contributed by atoms with Crippen LogP contribution in [-0.4, -0.2) is 23.4 Å². The van der Waals surface area contributed by atoms with Crippen LogP contribution in [0.5, 0.6) is 0 Å². The van der Waals surface area contributed by atoms with Gasteiger partial charge in [-0.05, 0) is 84.6 Å². The summed E-state index contributed by atoms with van der Waals surface area (Å²) in [6, 6.07) is 16.1. The molecule has 1 fully saturated rings. The van der Waals surface area contributed by atoms with Gasteiger partial charge in [0.2, 0.25) is 0 Å². The van der Waals surface area contributed by atoms with Gasteiger partial charge < -0.3 is 10.2 Å². The summed E-state index contributed by atoms with van der Waals surface area (Å²) >= 11 is 0. The molecule has 2 aromatic carbocycles. The Balaban J connectivity index is 1.67. The number of hydrogen-bond acceptors (Lipinski definition) is 2. The highest BCUT2D eigenvalue weighted by Crippen LogP contribution is 2.38. The first kappa shape index (κ1) is 23.0. The minimum atomic E-state index is -0.0145. The molecule has 0 saturated heterocycles. The number of aliphatic hydroxyl groups is 2. The van der Waals surface area contributed by atoms with Crippen molar-refractivity contribution in [1.82, 2.24) is 0 Å². The molecule has 2 heteroatoms. The van der Waals surface area contributed by atoms with Crippen LogP contribution >= 0.6 is 0 Å². The molecule has 0 radical (unpaired) electrons. The molecule has 1 aliphatic carbocycles. The highest BCUT2D eigenvalue weighted by atomic mass is 16.3. The highest BCUT2D eigenvalue weighted by molar-refractivity contribution is 5.68. The van der Waals surface area contributed by atoms with Crippen LogP contribution in [0.3, 0.4) is 0 Å². The second kappa shape index (κ2) is 11.7. The van der Waals surface area contributed by atoms with Crippen LogP contribution in [0.25, 0.3) is 11.1 Å². The second-order valence-electron chi connectivity index (χ2n) is 9.24. The van der Waals surface area contributed by atoms with Crippen molar-refractivity contribution in [1.29, 1.82) is 0 Å². The summed E-state index contributed by atoms with van der Waals surface area (Å²) in [5.41, 5.74) is 6.83. The molecular formula is C28H40O2. The van der Waals surface area contributed by atoms with E-state index in [1.54, 1.807) is 0 Å². The van der Waals surface area contributed by atoms with Gasteiger partial charge in [-0.3, -0.25) is 0 Å². The molecule has 3 rings (SSSR count). The van der Waals surface area contributed by atoms with E-state index >= 15 is 0 Å². The first-order valence-electron chi connectivity index (χ1n) is 12.1. The smallest absolute Gasteiger partial charge is 0.0481 e. The van der Waals surface area contributed by atoms with E-state index in [0.29, 0.717) is 0 Å². The van der Waals surface area contributed by atoms with Gasteiger partial charge in [0.15, 0.2) is 0 Å². The lowest BCUT2D eigenvalue weighted by molar-refractivity contribution is 0.144. The van der Waals surface area contributed by atoms with Gasteiger partial charge in [0.1, 0.15) is 0 Å². The predicted octanol–water partition coefficient (Wildman–Crippen LogP) is 6.52. The molecule has 0 aliphatic heterocycles. The lowest BCUT2D eigenvalue weighted by Gasteiger charge is -2.28. The Labute approximate surface area is 183 Å². The molecule has 0 atom stereocenters. The fourth-order valence-corrected chi connectivity index (χ4v) is 5.12. The van der Waals surface area contributed by atoms with E-state index in [0.717, 1.165) is 31.1 Å². The second-order valence-corrected chi connectivity index (χ2v) is 9.24. The van der Waals surface area contributed by atoms with E-state index in [4.69, 9.17) is 0 Å². The van der Waals surface area contributed by atoms with Crippen molar-refractivity contribution >= 4 is 0 Å². The minimum absolute atomic E-state index is 0.0145. The van der Waals surface area contributed by atoms with E-state index in [9.17, 15) is 10.2 Å². The Kier molecular flexibility index (Phi) is 8.96. The zero-order chi connectivity index (χ0) is 21.3. The third-order valence-electron chi connectivity index (χ3n) is 7.14. The minimum Gasteiger partial charge on any atom is -0.396 e. The van der Waals surface area contributed by atoms with Crippen LogP contribution in [0.4, 0.5) is 0 Å². The van der Waals surface area contributed by atoms with Crippen molar-refractivity contribution in [2.45, 2.75) is 77.6 Å². The van der Waals surface area contributed by atoms with Crippen LogP contribution in [0.1, 0.15) is 81.4 Å². The van der Waals surface area contributed by atoms with Crippen molar-refractivity contribution in [2.75, 3.05) is 13.2 Å². The van der Waals surface area contributed by atoms with Crippen LogP contribution in [0, 0.1) is 11.8 Å². The standard InChI is InChI=1S/C28H40O2/c1-3-5-21-8-11-25(12-9-21)26-13-15-27(16-14-26)28-17-10-22(18-24(28)4-2)6-7-23(19-29)20-30/h10,13-18,21,23,25,29-30H,3-9,11-12,19-20H2,1-2H3. The largest absolute Gasteiger partial charge is 0.396 e. The summed E-state index contributed by atoms with van der Waals surface area (Å²) in [6.45, 7) is 4.64. The first-order valence-corrected chi connectivity index (χ1v) is 12.1. The van der Waals surface area contributed by atoms with Gasteiger partial charge in [0, 0.05) is 19.1 Å². The molecule has 0 aromatic heterocycles. The highest BCUT2D eigenvalue weighted by Gasteiger charge is 2.21. The Hall–Kier alpha value is -1.64. The average Bonchev–Trinajstić information content (AvgIpc) is 2.80. The Morgan fingerprint density at radius 3 is 2.20 bits per heavy atom. The van der Waals surface area contributed by atoms with Crippen LogP contribution in [0.15, 0.2) is 42.5 Å². The monoisotopic (exact) mass is 408 g/mol. The molecule has 2 nitrogen and oxygen atoms in total. The van der Waals surface area contributed by atoms with Gasteiger partial charge in [-0.2, -0.15) is 0 Å². The van der Waals surface area contributed by atoms with Gasteiger partial charge in [-0.25, -0.2) is 0 Å². The number of aryl methyl sites for hydroxylation is 2. The van der Waals surface area contributed by atoms with E-state index in [1.807, 2.05) is 0 Å². The molecule has 30 heavy (non-hydrogen) atoms. The zero-order valence-electron chi connectivity index (χ0n) is 18.9. The molecule has 1 saturated carbocycles. The van der Waals surface area contributed by atoms with Crippen LogP contribution in [-0.2, 0) is 12.8 Å². The normalized spacial score (nSPS) is 19.4. The summed E-state index contributed by atoms with van der Waals surface area (Å²) in [7, 11) is 0. The maximum absolute atomic E-state index is 9.29. The van der Waals surface area contributed by atoms with E-state index in [-0.39, 0.29) is 19.1 Å². The lowest BCUT2D eigenvalue weighted by Crippen LogP contribution is -2.13. The molecule has 1 aliphatic rings. The molecule has 2 aromatic rings. The van der Waals surface area contributed by atoms with E-state index < -0.39 is 0 Å². The fraction of sp³-hybridized carbons (Fsp3) is 0.571. The van der Waals surface area contributed by atoms with Crippen LogP contribution in [0.2, 0.25) is 0 Å². The SMILES string of the molecule is CCCC1CCC(c2ccc(-c3ccc(CCC(CO)CO)cc3CC)cc2)CC1. The third kappa shape index (κ3) is 5.95. The average molecular weight is 409 g/mol. The zero-order valence-corrected chi connectivity index (χ0v) is 18.9. The van der Waals surface area contributed by atoms with Gasteiger partial charge in [-0.15, -0.1) is 0 Å². The van der Waals surface area contributed by atoms with E-state index in [1.165, 1.54) is 66.3 Å². The number of rotatable bonds is 10. The summed E-state index contributed by atoms with van der Waals surface area (Å²) in [5.74, 6) is 1.69. The Morgan fingerprint density at radius 2 is 1.60 bits per heavy atom. The summed E-state index contributed by atoms with van der Waals surface area (Å²) < 4.78 is 0. The Bertz CT molecular complexity index is 753. The van der Waals surface area contributed by atoms with E-state index in [2.05, 4.69) is 56.3 Å². The molecule has 0 unspecified atom stereocenters. The molecule has 0 bridgehead atoms. The molecule has 164 valence electrons. The third-order valence-corrected chi connectivity index (χ3v) is 7.14. The van der Waals surface area contributed by atoms with Crippen LogP contribution < -0.4 is 0 Å². The first-order chi connectivity index (χ1) is 14.7. The van der Waals surface area contributed by atoms with Crippen molar-refractivity contribution in [2.24, 2.45) is 11.8 Å². The van der Waals surface area contributed by atoms with Gasteiger partial charge in [0.05, 0.1) is 0 Å².